The van der Waals surface area contributed by atoms with Crippen LogP contribution in [0.2, 0.25) is 0 Å². The van der Waals surface area contributed by atoms with Crippen LogP contribution in [0.5, 0.6) is 5.75 Å². The molecule has 0 aliphatic carbocycles. The van der Waals surface area contributed by atoms with Gasteiger partial charge in [-0.05, 0) is 63.8 Å². The number of benzene rings is 2. The van der Waals surface area contributed by atoms with Gasteiger partial charge in [0.2, 0.25) is 0 Å². The second kappa shape index (κ2) is 12.0. The lowest BCUT2D eigenvalue weighted by molar-refractivity contribution is 0.0985. The molecule has 0 unspecified atom stereocenters. The van der Waals surface area contributed by atoms with Crippen LogP contribution in [0.25, 0.3) is 10.2 Å². The van der Waals surface area contributed by atoms with E-state index in [9.17, 15) is 9.18 Å². The molecule has 0 radical (unpaired) electrons. The van der Waals surface area contributed by atoms with E-state index in [4.69, 9.17) is 4.74 Å². The van der Waals surface area contributed by atoms with Crippen molar-refractivity contribution in [2.45, 2.75) is 26.2 Å². The Morgan fingerprint density at radius 3 is 2.61 bits per heavy atom. The number of unbranched alkanes of at least 4 members (excludes halogenated alkanes) is 1. The largest absolute Gasteiger partial charge is 0.494 e. The lowest BCUT2D eigenvalue weighted by Gasteiger charge is -2.21. The van der Waals surface area contributed by atoms with Crippen LogP contribution >= 0.6 is 23.7 Å². The van der Waals surface area contributed by atoms with E-state index < -0.39 is 0 Å². The summed E-state index contributed by atoms with van der Waals surface area (Å²) in [6, 6.07) is 12.1. The number of anilines is 1. The summed E-state index contributed by atoms with van der Waals surface area (Å²) in [5, 5.41) is 0.510. The molecule has 1 heterocycles. The summed E-state index contributed by atoms with van der Waals surface area (Å²) >= 11 is 1.33. The minimum Gasteiger partial charge on any atom is -0.494 e. The fraction of sp³-hybridized carbons (Fsp3) is 0.391. The lowest BCUT2D eigenvalue weighted by Crippen LogP contribution is -2.33. The van der Waals surface area contributed by atoms with E-state index in [2.05, 4.69) is 16.8 Å². The van der Waals surface area contributed by atoms with Gasteiger partial charge in [-0.3, -0.25) is 9.69 Å². The van der Waals surface area contributed by atoms with E-state index in [1.807, 2.05) is 32.3 Å². The van der Waals surface area contributed by atoms with E-state index >= 15 is 0 Å². The van der Waals surface area contributed by atoms with Crippen molar-refractivity contribution in [3.63, 3.8) is 0 Å². The Morgan fingerprint density at radius 1 is 1.13 bits per heavy atom. The van der Waals surface area contributed by atoms with Crippen molar-refractivity contribution >= 4 is 45.0 Å². The molecule has 3 rings (SSSR count). The molecule has 3 aromatic rings. The van der Waals surface area contributed by atoms with Crippen LogP contribution in [-0.2, 0) is 0 Å². The van der Waals surface area contributed by atoms with Gasteiger partial charge in [0.1, 0.15) is 17.1 Å². The number of nitrogens with zero attached hydrogens (tertiary/aromatic N) is 3. The second-order valence-corrected chi connectivity index (χ2v) is 8.44. The molecule has 8 heteroatoms. The van der Waals surface area contributed by atoms with Crippen LogP contribution in [0.1, 0.15) is 36.5 Å². The van der Waals surface area contributed by atoms with Gasteiger partial charge in [-0.15, -0.1) is 12.4 Å². The smallest absolute Gasteiger partial charge is 0.260 e. The van der Waals surface area contributed by atoms with E-state index in [0.717, 1.165) is 30.5 Å². The number of hydrogen-bond donors (Lipinski definition) is 0. The average molecular weight is 466 g/mol. The quantitative estimate of drug-likeness (QED) is 0.364. The minimum absolute atomic E-state index is 0. The summed E-state index contributed by atoms with van der Waals surface area (Å²) in [4.78, 5) is 21.6. The number of carbonyl (C=O) groups excluding carboxylic acids is 1. The third-order valence-corrected chi connectivity index (χ3v) is 5.71. The topological polar surface area (TPSA) is 45.7 Å². The van der Waals surface area contributed by atoms with Gasteiger partial charge in [-0.2, -0.15) is 0 Å². The standard InChI is InChI=1S/C23H28FN3O2S.ClH/c1-4-5-15-29-18-10-6-9-17(16-18)22(28)27(14-8-13-26(2)3)23-25-21-19(24)11-7-12-20(21)30-23;/h6-7,9-12,16H,4-5,8,13-15H2,1-3H3;1H. The van der Waals surface area contributed by atoms with Gasteiger partial charge in [0.25, 0.3) is 5.91 Å². The predicted octanol–water partition coefficient (Wildman–Crippen LogP) is 5.63. The van der Waals surface area contributed by atoms with E-state index in [1.165, 1.54) is 17.4 Å². The first-order valence-electron chi connectivity index (χ1n) is 10.2. The summed E-state index contributed by atoms with van der Waals surface area (Å²) in [5.74, 6) is 0.147. The molecule has 0 aliphatic heterocycles. The normalized spacial score (nSPS) is 10.9. The summed E-state index contributed by atoms with van der Waals surface area (Å²) in [6.07, 6.45) is 2.79. The summed E-state index contributed by atoms with van der Waals surface area (Å²) in [7, 11) is 3.99. The Kier molecular flexibility index (Phi) is 9.68. The number of hydrogen-bond acceptors (Lipinski definition) is 5. The number of carbonyl (C=O) groups is 1. The molecule has 0 aliphatic rings. The molecule has 0 spiro atoms. The highest BCUT2D eigenvalue weighted by Crippen LogP contribution is 2.31. The maximum absolute atomic E-state index is 14.2. The zero-order chi connectivity index (χ0) is 21.5. The Balaban J connectivity index is 0.00000341. The van der Waals surface area contributed by atoms with E-state index in [-0.39, 0.29) is 24.1 Å². The van der Waals surface area contributed by atoms with E-state index in [0.29, 0.717) is 35.1 Å². The van der Waals surface area contributed by atoms with Gasteiger partial charge in [0.15, 0.2) is 5.13 Å². The summed E-state index contributed by atoms with van der Waals surface area (Å²) < 4.78 is 20.7. The lowest BCUT2D eigenvalue weighted by atomic mass is 10.2. The number of halogens is 2. The number of thiazole rings is 1. The van der Waals surface area contributed by atoms with Crippen molar-refractivity contribution in [2.75, 3.05) is 38.7 Å². The molecule has 0 N–H and O–H groups in total. The molecular formula is C23H29ClFN3O2S. The fourth-order valence-electron chi connectivity index (χ4n) is 3.06. The highest BCUT2D eigenvalue weighted by Gasteiger charge is 2.22. The van der Waals surface area contributed by atoms with Gasteiger partial charge in [0.05, 0.1) is 11.3 Å². The summed E-state index contributed by atoms with van der Waals surface area (Å²) in [6.45, 7) is 4.07. The highest BCUT2D eigenvalue weighted by atomic mass is 35.5. The third kappa shape index (κ3) is 6.63. The molecule has 2 aromatic carbocycles. The summed E-state index contributed by atoms with van der Waals surface area (Å²) in [5.41, 5.74) is 0.841. The first-order valence-corrected chi connectivity index (χ1v) is 11.1. The molecule has 168 valence electrons. The second-order valence-electron chi connectivity index (χ2n) is 7.43. The Labute approximate surface area is 193 Å². The molecule has 0 fully saturated rings. The Morgan fingerprint density at radius 2 is 1.90 bits per heavy atom. The number of para-hydroxylation sites is 1. The maximum Gasteiger partial charge on any atom is 0.260 e. The fourth-order valence-corrected chi connectivity index (χ4v) is 4.06. The first-order chi connectivity index (χ1) is 14.5. The van der Waals surface area contributed by atoms with Crippen molar-refractivity contribution in [1.29, 1.82) is 0 Å². The number of amides is 1. The molecule has 0 saturated heterocycles. The van der Waals surface area contributed by atoms with Gasteiger partial charge in [0, 0.05) is 12.1 Å². The molecule has 31 heavy (non-hydrogen) atoms. The number of aromatic nitrogens is 1. The highest BCUT2D eigenvalue weighted by molar-refractivity contribution is 7.22. The number of fused-ring (bicyclic) bond motifs is 1. The van der Waals surface area contributed by atoms with Crippen molar-refractivity contribution in [1.82, 2.24) is 9.88 Å². The van der Waals surface area contributed by atoms with Crippen molar-refractivity contribution < 1.29 is 13.9 Å². The van der Waals surface area contributed by atoms with Gasteiger partial charge in [-0.1, -0.05) is 36.8 Å². The molecule has 0 atom stereocenters. The van der Waals surface area contributed by atoms with Crippen molar-refractivity contribution in [2.24, 2.45) is 0 Å². The minimum atomic E-state index is -0.373. The maximum atomic E-state index is 14.2. The van der Waals surface area contributed by atoms with Crippen molar-refractivity contribution in [3.05, 3.63) is 53.8 Å². The van der Waals surface area contributed by atoms with Crippen LogP contribution in [0.4, 0.5) is 9.52 Å². The predicted molar refractivity (Wildman–Crippen MR) is 129 cm³/mol. The average Bonchev–Trinajstić information content (AvgIpc) is 3.16. The molecule has 1 amide bonds. The van der Waals surface area contributed by atoms with Crippen LogP contribution in [-0.4, -0.2) is 49.6 Å². The third-order valence-electron chi connectivity index (χ3n) is 4.67. The van der Waals surface area contributed by atoms with Gasteiger partial charge >= 0.3 is 0 Å². The van der Waals surface area contributed by atoms with Crippen LogP contribution < -0.4 is 9.64 Å². The Bertz CT molecular complexity index is 996. The first kappa shape index (κ1) is 25.0. The van der Waals surface area contributed by atoms with Crippen LogP contribution in [0.3, 0.4) is 0 Å². The monoisotopic (exact) mass is 465 g/mol. The molecular weight excluding hydrogens is 437 g/mol. The zero-order valence-electron chi connectivity index (χ0n) is 18.1. The van der Waals surface area contributed by atoms with Crippen LogP contribution in [0.15, 0.2) is 42.5 Å². The molecule has 0 bridgehead atoms. The molecule has 5 nitrogen and oxygen atoms in total. The van der Waals surface area contributed by atoms with E-state index in [1.54, 1.807) is 23.1 Å². The van der Waals surface area contributed by atoms with Gasteiger partial charge < -0.3 is 9.64 Å². The number of ether oxygens (including phenoxy) is 1. The van der Waals surface area contributed by atoms with Crippen molar-refractivity contribution in [3.8, 4) is 5.75 Å². The van der Waals surface area contributed by atoms with Crippen LogP contribution in [0, 0.1) is 5.82 Å². The Hall–Kier alpha value is -2.22. The number of rotatable bonds is 10. The zero-order valence-corrected chi connectivity index (χ0v) is 19.8. The molecule has 1 aromatic heterocycles. The van der Waals surface area contributed by atoms with Gasteiger partial charge in [-0.25, -0.2) is 9.37 Å². The molecule has 0 saturated carbocycles. The SMILES string of the molecule is CCCCOc1cccc(C(=O)N(CCCN(C)C)c2nc3c(F)cccc3s2)c1.Cl.